The van der Waals surface area contributed by atoms with E-state index in [9.17, 15) is 9.59 Å². The highest BCUT2D eigenvalue weighted by Crippen LogP contribution is 2.28. The van der Waals surface area contributed by atoms with Gasteiger partial charge in [0.15, 0.2) is 0 Å². The summed E-state index contributed by atoms with van der Waals surface area (Å²) in [6.07, 6.45) is 5.40. The SMILES string of the molecule is CSC1CCCC1NC(=O)C(CS)NC(C)=O. The summed E-state index contributed by atoms with van der Waals surface area (Å²) in [4.78, 5) is 22.9. The molecule has 0 spiro atoms. The minimum absolute atomic E-state index is 0.124. The Bertz CT molecular complexity index is 287. The van der Waals surface area contributed by atoms with E-state index >= 15 is 0 Å². The maximum absolute atomic E-state index is 11.9. The normalized spacial score (nSPS) is 25.4. The highest BCUT2D eigenvalue weighted by Gasteiger charge is 2.29. The van der Waals surface area contributed by atoms with Gasteiger partial charge in [-0.1, -0.05) is 6.42 Å². The lowest BCUT2D eigenvalue weighted by atomic mass is 10.2. The third kappa shape index (κ3) is 4.43. The second-order valence-corrected chi connectivity index (χ2v) is 5.70. The lowest BCUT2D eigenvalue weighted by molar-refractivity contribution is -0.127. The molecule has 6 heteroatoms. The topological polar surface area (TPSA) is 58.2 Å². The average Bonchev–Trinajstić information content (AvgIpc) is 2.72. The molecule has 3 unspecified atom stereocenters. The smallest absolute Gasteiger partial charge is 0.243 e. The number of carbonyl (C=O) groups excluding carboxylic acids is 2. The molecule has 0 aromatic heterocycles. The van der Waals surface area contributed by atoms with Crippen LogP contribution in [0.15, 0.2) is 0 Å². The number of thioether (sulfide) groups is 1. The Morgan fingerprint density at radius 1 is 1.47 bits per heavy atom. The van der Waals surface area contributed by atoms with Crippen LogP contribution in [0.4, 0.5) is 0 Å². The molecule has 0 bridgehead atoms. The fourth-order valence-corrected chi connectivity index (χ4v) is 3.29. The molecule has 0 saturated heterocycles. The van der Waals surface area contributed by atoms with Crippen LogP contribution in [0.1, 0.15) is 26.2 Å². The average molecular weight is 276 g/mol. The van der Waals surface area contributed by atoms with Crippen molar-refractivity contribution in [1.29, 1.82) is 0 Å². The molecule has 17 heavy (non-hydrogen) atoms. The van der Waals surface area contributed by atoms with Crippen LogP contribution in [0.3, 0.4) is 0 Å². The summed E-state index contributed by atoms with van der Waals surface area (Å²) in [5.74, 6) is -0.00426. The summed E-state index contributed by atoms with van der Waals surface area (Å²) in [7, 11) is 0. The summed E-state index contributed by atoms with van der Waals surface area (Å²) in [6.45, 7) is 1.41. The quantitative estimate of drug-likeness (QED) is 0.652. The van der Waals surface area contributed by atoms with Crippen molar-refractivity contribution in [2.24, 2.45) is 0 Å². The molecule has 1 rings (SSSR count). The van der Waals surface area contributed by atoms with Gasteiger partial charge in [0, 0.05) is 24.0 Å². The minimum Gasteiger partial charge on any atom is -0.350 e. The molecule has 2 amide bonds. The zero-order valence-corrected chi connectivity index (χ0v) is 11.9. The number of hydrogen-bond donors (Lipinski definition) is 3. The second-order valence-electron chi connectivity index (χ2n) is 4.26. The molecule has 1 fully saturated rings. The van der Waals surface area contributed by atoms with Crippen molar-refractivity contribution in [3.8, 4) is 0 Å². The van der Waals surface area contributed by atoms with Gasteiger partial charge in [0.25, 0.3) is 0 Å². The van der Waals surface area contributed by atoms with Crippen molar-refractivity contribution in [3.63, 3.8) is 0 Å². The van der Waals surface area contributed by atoms with Gasteiger partial charge in [-0.15, -0.1) is 0 Å². The lowest BCUT2D eigenvalue weighted by Gasteiger charge is -2.22. The zero-order valence-electron chi connectivity index (χ0n) is 10.2. The minimum atomic E-state index is -0.529. The van der Waals surface area contributed by atoms with Crippen LogP contribution in [0.25, 0.3) is 0 Å². The van der Waals surface area contributed by atoms with E-state index in [4.69, 9.17) is 0 Å². The van der Waals surface area contributed by atoms with E-state index in [1.54, 1.807) is 11.8 Å². The van der Waals surface area contributed by atoms with Crippen molar-refractivity contribution in [3.05, 3.63) is 0 Å². The molecule has 1 aliphatic rings. The van der Waals surface area contributed by atoms with Gasteiger partial charge >= 0.3 is 0 Å². The molecule has 0 aliphatic heterocycles. The van der Waals surface area contributed by atoms with Crippen molar-refractivity contribution in [2.45, 2.75) is 43.5 Å². The van der Waals surface area contributed by atoms with Gasteiger partial charge in [-0.3, -0.25) is 9.59 Å². The van der Waals surface area contributed by atoms with Gasteiger partial charge in [-0.05, 0) is 19.1 Å². The third-order valence-corrected chi connectivity index (χ3v) is 4.49. The maximum Gasteiger partial charge on any atom is 0.243 e. The van der Waals surface area contributed by atoms with Crippen LogP contribution in [-0.4, -0.2) is 41.2 Å². The molecule has 98 valence electrons. The van der Waals surface area contributed by atoms with E-state index < -0.39 is 6.04 Å². The Morgan fingerprint density at radius 2 is 2.18 bits per heavy atom. The molecule has 0 heterocycles. The van der Waals surface area contributed by atoms with Crippen molar-refractivity contribution in [2.75, 3.05) is 12.0 Å². The summed E-state index contributed by atoms with van der Waals surface area (Å²) in [5.41, 5.74) is 0. The van der Waals surface area contributed by atoms with Crippen LogP contribution in [0.2, 0.25) is 0 Å². The Morgan fingerprint density at radius 3 is 2.71 bits per heavy atom. The molecule has 0 radical (unpaired) electrons. The first kappa shape index (κ1) is 14.7. The summed E-state index contributed by atoms with van der Waals surface area (Å²) >= 11 is 5.89. The van der Waals surface area contributed by atoms with Crippen LogP contribution >= 0.6 is 24.4 Å². The standard InChI is InChI=1S/C11H20N2O2S2/c1-7(14)12-9(6-16)11(15)13-8-4-3-5-10(8)17-2/h8-10,16H,3-6H2,1-2H3,(H,12,14)(H,13,15). The van der Waals surface area contributed by atoms with Crippen LogP contribution in [-0.2, 0) is 9.59 Å². The van der Waals surface area contributed by atoms with E-state index in [0.29, 0.717) is 11.0 Å². The van der Waals surface area contributed by atoms with Gasteiger partial charge in [0.2, 0.25) is 11.8 Å². The predicted octanol–water partition coefficient (Wildman–Crippen LogP) is 0.821. The van der Waals surface area contributed by atoms with Gasteiger partial charge in [0.1, 0.15) is 6.04 Å². The van der Waals surface area contributed by atoms with Crippen LogP contribution < -0.4 is 10.6 Å². The third-order valence-electron chi connectivity index (χ3n) is 2.96. The number of hydrogen-bond acceptors (Lipinski definition) is 4. The lowest BCUT2D eigenvalue weighted by Crippen LogP contribution is -2.51. The molecular formula is C11H20N2O2S2. The molecule has 0 aromatic carbocycles. The van der Waals surface area contributed by atoms with E-state index in [2.05, 4.69) is 29.5 Å². The maximum atomic E-state index is 11.9. The van der Waals surface area contributed by atoms with E-state index in [0.717, 1.165) is 19.3 Å². The van der Waals surface area contributed by atoms with Crippen molar-refractivity contribution < 1.29 is 9.59 Å². The Hall–Kier alpha value is -0.360. The number of thiol groups is 1. The van der Waals surface area contributed by atoms with Gasteiger partial charge in [-0.2, -0.15) is 24.4 Å². The highest BCUT2D eigenvalue weighted by molar-refractivity contribution is 7.99. The molecule has 4 nitrogen and oxygen atoms in total. The van der Waals surface area contributed by atoms with E-state index in [-0.39, 0.29) is 17.9 Å². The zero-order chi connectivity index (χ0) is 12.8. The number of amides is 2. The fraction of sp³-hybridized carbons (Fsp3) is 0.818. The molecular weight excluding hydrogens is 256 g/mol. The first-order valence-electron chi connectivity index (χ1n) is 5.79. The van der Waals surface area contributed by atoms with Gasteiger partial charge in [0.05, 0.1) is 0 Å². The molecule has 3 atom stereocenters. The Labute approximate surface area is 112 Å². The van der Waals surface area contributed by atoms with Gasteiger partial charge in [-0.25, -0.2) is 0 Å². The predicted molar refractivity (Wildman–Crippen MR) is 74.5 cm³/mol. The first-order chi connectivity index (χ1) is 8.08. The fourth-order valence-electron chi connectivity index (χ4n) is 2.10. The van der Waals surface area contributed by atoms with Crippen LogP contribution in [0, 0.1) is 0 Å². The highest BCUT2D eigenvalue weighted by atomic mass is 32.2. The number of nitrogens with one attached hydrogen (secondary N) is 2. The van der Waals surface area contributed by atoms with E-state index in [1.165, 1.54) is 6.92 Å². The molecule has 2 N–H and O–H groups in total. The molecule has 1 aliphatic carbocycles. The largest absolute Gasteiger partial charge is 0.350 e. The van der Waals surface area contributed by atoms with Crippen molar-refractivity contribution in [1.82, 2.24) is 10.6 Å². The Balaban J connectivity index is 2.48. The molecule has 1 saturated carbocycles. The second kappa shape index (κ2) is 7.16. The summed E-state index contributed by atoms with van der Waals surface area (Å²) < 4.78 is 0. The summed E-state index contributed by atoms with van der Waals surface area (Å²) in [6, 6.07) is -0.299. The van der Waals surface area contributed by atoms with Crippen molar-refractivity contribution >= 4 is 36.2 Å². The van der Waals surface area contributed by atoms with E-state index in [1.807, 2.05) is 0 Å². The number of rotatable bonds is 5. The van der Waals surface area contributed by atoms with Gasteiger partial charge < -0.3 is 10.6 Å². The first-order valence-corrected chi connectivity index (χ1v) is 7.71. The monoisotopic (exact) mass is 276 g/mol. The van der Waals surface area contributed by atoms with Crippen LogP contribution in [0.5, 0.6) is 0 Å². The summed E-state index contributed by atoms with van der Waals surface area (Å²) in [5, 5.41) is 6.11. The number of carbonyl (C=O) groups is 2. The Kier molecular flexibility index (Phi) is 6.19. The molecule has 0 aromatic rings.